The van der Waals surface area contributed by atoms with Gasteiger partial charge in [0.15, 0.2) is 0 Å². The number of hydrogen-bond donors (Lipinski definition) is 0. The second-order valence-electron chi connectivity index (χ2n) is 6.36. The highest BCUT2D eigenvalue weighted by Crippen LogP contribution is 2.43. The minimum atomic E-state index is -0.308. The van der Waals surface area contributed by atoms with E-state index in [2.05, 4.69) is 12.1 Å². The molecule has 0 N–H and O–H groups in total. The van der Waals surface area contributed by atoms with Crippen LogP contribution in [0.3, 0.4) is 0 Å². The first kappa shape index (κ1) is 17.0. The average molecular weight is 374 g/mol. The quantitative estimate of drug-likeness (QED) is 0.714. The van der Waals surface area contributed by atoms with Crippen LogP contribution in [0, 0.1) is 5.82 Å². The predicted octanol–water partition coefficient (Wildman–Crippen LogP) is 5.29. The van der Waals surface area contributed by atoms with Gasteiger partial charge in [0, 0.05) is 12.1 Å². The normalized spacial score (nSPS) is 18.0. The number of halogens is 1. The molecule has 2 nitrogen and oxygen atoms in total. The summed E-state index contributed by atoms with van der Waals surface area (Å²) in [7, 11) is 0. The van der Waals surface area contributed by atoms with Gasteiger partial charge in [-0.1, -0.05) is 24.3 Å². The number of para-hydroxylation sites is 1. The van der Waals surface area contributed by atoms with Gasteiger partial charge in [-0.3, -0.25) is 4.79 Å². The number of carbonyl (C=O) groups is 1. The Kier molecular flexibility index (Phi) is 5.04. The lowest BCUT2D eigenvalue weighted by Gasteiger charge is -2.30. The minimum Gasteiger partial charge on any atom is -0.305 e. The second-order valence-corrected chi connectivity index (χ2v) is 9.08. The van der Waals surface area contributed by atoms with Gasteiger partial charge in [0.05, 0.1) is 10.3 Å². The maximum absolute atomic E-state index is 14.3. The molecule has 0 unspecified atom stereocenters. The van der Waals surface area contributed by atoms with Crippen LogP contribution in [0.1, 0.15) is 38.9 Å². The van der Waals surface area contributed by atoms with Crippen molar-refractivity contribution in [1.82, 2.24) is 0 Å². The average Bonchev–Trinajstić information content (AvgIpc) is 2.68. The topological polar surface area (TPSA) is 20.3 Å². The Labute approximate surface area is 156 Å². The third-order valence-corrected chi connectivity index (χ3v) is 7.69. The fraction of sp³-hybridized carbons (Fsp3) is 0.350. The maximum atomic E-state index is 14.3. The molecule has 2 aliphatic heterocycles. The molecule has 4 rings (SSSR count). The lowest BCUT2D eigenvalue weighted by Crippen LogP contribution is -2.36. The minimum absolute atomic E-state index is 0.110. The van der Waals surface area contributed by atoms with Gasteiger partial charge in [0.1, 0.15) is 5.82 Å². The van der Waals surface area contributed by atoms with Gasteiger partial charge in [-0.2, -0.15) is 0 Å². The van der Waals surface area contributed by atoms with Gasteiger partial charge in [-0.25, -0.2) is 4.39 Å². The largest absolute Gasteiger partial charge is 0.305 e. The zero-order valence-corrected chi connectivity index (χ0v) is 15.5. The fourth-order valence-electron chi connectivity index (χ4n) is 3.43. The van der Waals surface area contributed by atoms with E-state index in [9.17, 15) is 9.18 Å². The molecular formula is C20H20FNOS2. The van der Waals surface area contributed by atoms with Crippen LogP contribution in [0.5, 0.6) is 0 Å². The van der Waals surface area contributed by atoms with Crippen LogP contribution in [-0.4, -0.2) is 24.0 Å². The first-order chi connectivity index (χ1) is 12.2. The molecule has 0 bridgehead atoms. The first-order valence-corrected chi connectivity index (χ1v) is 10.8. The van der Waals surface area contributed by atoms with Crippen molar-refractivity contribution >= 4 is 35.1 Å². The summed E-state index contributed by atoms with van der Waals surface area (Å²) in [6, 6.07) is 13.0. The van der Waals surface area contributed by atoms with Crippen molar-refractivity contribution < 1.29 is 9.18 Å². The van der Waals surface area contributed by atoms with E-state index in [4.69, 9.17) is 0 Å². The SMILES string of the molecule is O=C(c1ccc(C2SCCCS2)cc1)N1CCCc2cccc(F)c21. The predicted molar refractivity (Wildman–Crippen MR) is 105 cm³/mol. The Bertz CT molecular complexity index is 772. The molecule has 1 saturated heterocycles. The molecule has 1 fully saturated rings. The highest BCUT2D eigenvalue weighted by atomic mass is 32.2. The molecule has 0 aliphatic carbocycles. The van der Waals surface area contributed by atoms with Crippen LogP contribution in [-0.2, 0) is 6.42 Å². The van der Waals surface area contributed by atoms with E-state index in [0.717, 1.165) is 18.4 Å². The van der Waals surface area contributed by atoms with Gasteiger partial charge >= 0.3 is 0 Å². The van der Waals surface area contributed by atoms with E-state index in [1.807, 2.05) is 41.7 Å². The van der Waals surface area contributed by atoms with Crippen molar-refractivity contribution in [2.24, 2.45) is 0 Å². The zero-order valence-electron chi connectivity index (χ0n) is 13.9. The van der Waals surface area contributed by atoms with E-state index in [0.29, 0.717) is 22.4 Å². The molecule has 0 radical (unpaired) electrons. The molecule has 0 spiro atoms. The van der Waals surface area contributed by atoms with Crippen molar-refractivity contribution in [3.05, 3.63) is 65.0 Å². The molecule has 0 saturated carbocycles. The molecular weight excluding hydrogens is 353 g/mol. The molecule has 1 amide bonds. The van der Waals surface area contributed by atoms with E-state index >= 15 is 0 Å². The van der Waals surface area contributed by atoms with Crippen LogP contribution < -0.4 is 4.90 Å². The van der Waals surface area contributed by atoms with E-state index in [1.165, 1.54) is 29.6 Å². The number of fused-ring (bicyclic) bond motifs is 1. The Morgan fingerprint density at radius 2 is 1.80 bits per heavy atom. The Balaban J connectivity index is 1.58. The lowest BCUT2D eigenvalue weighted by atomic mass is 10.00. The molecule has 5 heteroatoms. The van der Waals surface area contributed by atoms with Crippen molar-refractivity contribution in [2.75, 3.05) is 23.0 Å². The molecule has 130 valence electrons. The number of hydrogen-bond acceptors (Lipinski definition) is 3. The highest BCUT2D eigenvalue weighted by Gasteiger charge is 2.26. The summed E-state index contributed by atoms with van der Waals surface area (Å²) < 4.78 is 14.8. The van der Waals surface area contributed by atoms with Crippen molar-refractivity contribution in [3.63, 3.8) is 0 Å². The van der Waals surface area contributed by atoms with Gasteiger partial charge in [-0.15, -0.1) is 23.5 Å². The van der Waals surface area contributed by atoms with E-state index < -0.39 is 0 Å². The van der Waals surface area contributed by atoms with Crippen LogP contribution >= 0.6 is 23.5 Å². The van der Waals surface area contributed by atoms with Gasteiger partial charge < -0.3 is 4.90 Å². The van der Waals surface area contributed by atoms with Crippen molar-refractivity contribution in [2.45, 2.75) is 23.8 Å². The molecule has 2 aliphatic rings. The third kappa shape index (κ3) is 3.44. The van der Waals surface area contributed by atoms with Gasteiger partial charge in [0.25, 0.3) is 5.91 Å². The smallest absolute Gasteiger partial charge is 0.258 e. The Morgan fingerprint density at radius 1 is 1.04 bits per heavy atom. The number of nitrogens with zero attached hydrogens (tertiary/aromatic N) is 1. The Hall–Kier alpha value is -1.46. The summed E-state index contributed by atoms with van der Waals surface area (Å²) in [5, 5.41) is 0. The summed E-state index contributed by atoms with van der Waals surface area (Å²) in [6.45, 7) is 0.572. The number of thioether (sulfide) groups is 2. The molecule has 0 aromatic heterocycles. The molecule has 25 heavy (non-hydrogen) atoms. The fourth-order valence-corrected chi connectivity index (χ4v) is 6.32. The standard InChI is InChI=1S/C20H20FNOS2/c21-17-6-1-4-14-5-2-11-22(18(14)17)19(23)15-7-9-16(10-8-15)20-24-12-3-13-25-20/h1,4,6-10,20H,2-3,5,11-13H2. The number of anilines is 1. The molecule has 2 heterocycles. The number of aryl methyl sites for hydroxylation is 1. The maximum Gasteiger partial charge on any atom is 0.258 e. The first-order valence-electron chi connectivity index (χ1n) is 8.66. The summed E-state index contributed by atoms with van der Waals surface area (Å²) in [5.41, 5.74) is 3.27. The monoisotopic (exact) mass is 373 g/mol. The summed E-state index contributed by atoms with van der Waals surface area (Å²) in [4.78, 5) is 14.6. The third-order valence-electron chi connectivity index (χ3n) is 4.67. The number of benzene rings is 2. The lowest BCUT2D eigenvalue weighted by molar-refractivity contribution is 0.0984. The molecule has 0 atom stereocenters. The van der Waals surface area contributed by atoms with Crippen LogP contribution in [0.2, 0.25) is 0 Å². The van der Waals surface area contributed by atoms with Crippen LogP contribution in [0.4, 0.5) is 10.1 Å². The van der Waals surface area contributed by atoms with Crippen LogP contribution in [0.25, 0.3) is 0 Å². The van der Waals surface area contributed by atoms with E-state index in [1.54, 1.807) is 11.0 Å². The van der Waals surface area contributed by atoms with Gasteiger partial charge in [-0.05, 0) is 60.1 Å². The van der Waals surface area contributed by atoms with Crippen molar-refractivity contribution in [3.8, 4) is 0 Å². The number of rotatable bonds is 2. The Morgan fingerprint density at radius 3 is 2.56 bits per heavy atom. The van der Waals surface area contributed by atoms with Crippen molar-refractivity contribution in [1.29, 1.82) is 0 Å². The summed E-state index contributed by atoms with van der Waals surface area (Å²) >= 11 is 3.94. The van der Waals surface area contributed by atoms with Gasteiger partial charge in [0.2, 0.25) is 0 Å². The second kappa shape index (κ2) is 7.42. The van der Waals surface area contributed by atoms with Crippen LogP contribution in [0.15, 0.2) is 42.5 Å². The number of carbonyl (C=O) groups excluding carboxylic acids is 1. The number of amides is 1. The summed E-state index contributed by atoms with van der Waals surface area (Å²) in [5.74, 6) is 1.98. The molecule has 2 aromatic carbocycles. The summed E-state index contributed by atoms with van der Waals surface area (Å²) in [6.07, 6.45) is 2.96. The zero-order chi connectivity index (χ0) is 17.2. The highest BCUT2D eigenvalue weighted by molar-refractivity contribution is 8.16. The molecule has 2 aromatic rings. The van der Waals surface area contributed by atoms with E-state index in [-0.39, 0.29) is 11.7 Å².